The zero-order valence-corrected chi connectivity index (χ0v) is 9.40. The lowest BCUT2D eigenvalue weighted by Crippen LogP contribution is -2.15. The fraction of sp³-hybridized carbons (Fsp3) is 0.364. The molecule has 82 valence electrons. The Labute approximate surface area is 89.4 Å². The van der Waals surface area contributed by atoms with Gasteiger partial charge in [0, 0.05) is 14.1 Å². The predicted molar refractivity (Wildman–Crippen MR) is 58.7 cm³/mol. The normalized spacial score (nSPS) is 9.60. The van der Waals surface area contributed by atoms with Crippen molar-refractivity contribution in [1.82, 2.24) is 0 Å². The highest BCUT2D eigenvalue weighted by Crippen LogP contribution is 2.30. The second-order valence-corrected chi connectivity index (χ2v) is 3.24. The second kappa shape index (κ2) is 4.68. The van der Waals surface area contributed by atoms with Crippen LogP contribution in [0.25, 0.3) is 0 Å². The first-order valence-electron chi connectivity index (χ1n) is 4.54. The molecule has 0 saturated carbocycles. The van der Waals surface area contributed by atoms with Crippen LogP contribution in [0.2, 0.25) is 0 Å². The Morgan fingerprint density at radius 2 is 1.93 bits per heavy atom. The Balaban J connectivity index is 3.31. The maximum Gasteiger partial charge on any atom is 0.340 e. The minimum absolute atomic E-state index is 0.363. The fourth-order valence-corrected chi connectivity index (χ4v) is 1.42. The largest absolute Gasteiger partial charge is 0.495 e. The van der Waals surface area contributed by atoms with E-state index in [1.165, 1.54) is 7.11 Å². The molecule has 1 aromatic rings. The number of hydrogen-bond donors (Lipinski definition) is 0. The number of anilines is 1. The monoisotopic (exact) mass is 209 g/mol. The Bertz CT molecular complexity index is 361. The maximum atomic E-state index is 11.5. The number of methoxy groups -OCH3 is 2. The van der Waals surface area contributed by atoms with E-state index < -0.39 is 0 Å². The lowest BCUT2D eigenvalue weighted by atomic mass is 10.1. The molecule has 15 heavy (non-hydrogen) atoms. The average Bonchev–Trinajstić information content (AvgIpc) is 2.26. The summed E-state index contributed by atoms with van der Waals surface area (Å²) >= 11 is 0. The molecule has 0 aliphatic carbocycles. The highest BCUT2D eigenvalue weighted by molar-refractivity contribution is 5.97. The van der Waals surface area contributed by atoms with Crippen molar-refractivity contribution in [2.75, 3.05) is 33.2 Å². The minimum atomic E-state index is -0.363. The van der Waals surface area contributed by atoms with Crippen LogP contribution >= 0.6 is 0 Å². The number of para-hydroxylation sites is 1. The van der Waals surface area contributed by atoms with Crippen LogP contribution in [0.3, 0.4) is 0 Å². The molecule has 0 aliphatic rings. The van der Waals surface area contributed by atoms with Crippen molar-refractivity contribution in [1.29, 1.82) is 0 Å². The highest BCUT2D eigenvalue weighted by atomic mass is 16.5. The van der Waals surface area contributed by atoms with Crippen LogP contribution in [0.15, 0.2) is 18.2 Å². The molecule has 0 amide bonds. The van der Waals surface area contributed by atoms with E-state index in [4.69, 9.17) is 9.47 Å². The van der Waals surface area contributed by atoms with Crippen molar-refractivity contribution in [3.63, 3.8) is 0 Å². The summed E-state index contributed by atoms with van der Waals surface area (Å²) in [6, 6.07) is 5.28. The summed E-state index contributed by atoms with van der Waals surface area (Å²) in [5, 5.41) is 0. The third-order valence-corrected chi connectivity index (χ3v) is 2.07. The summed E-state index contributed by atoms with van der Waals surface area (Å²) in [5.41, 5.74) is 1.23. The molecule has 0 atom stereocenters. The number of ether oxygens (including phenoxy) is 2. The first-order valence-corrected chi connectivity index (χ1v) is 4.54. The van der Waals surface area contributed by atoms with Crippen LogP contribution in [0.4, 0.5) is 5.69 Å². The van der Waals surface area contributed by atoms with Crippen molar-refractivity contribution in [2.24, 2.45) is 0 Å². The van der Waals surface area contributed by atoms with Crippen LogP contribution in [0, 0.1) is 0 Å². The molecule has 0 unspecified atom stereocenters. The van der Waals surface area contributed by atoms with Crippen molar-refractivity contribution in [2.45, 2.75) is 0 Å². The van der Waals surface area contributed by atoms with E-state index in [1.54, 1.807) is 19.2 Å². The van der Waals surface area contributed by atoms with Crippen molar-refractivity contribution in [3.05, 3.63) is 23.8 Å². The van der Waals surface area contributed by atoms with Crippen LogP contribution < -0.4 is 9.64 Å². The van der Waals surface area contributed by atoms with Gasteiger partial charge in [0.25, 0.3) is 0 Å². The lowest BCUT2D eigenvalue weighted by Gasteiger charge is -2.19. The van der Waals surface area contributed by atoms with Crippen molar-refractivity contribution >= 4 is 11.7 Å². The van der Waals surface area contributed by atoms with Gasteiger partial charge in [0.1, 0.15) is 5.75 Å². The molecule has 4 heteroatoms. The van der Waals surface area contributed by atoms with E-state index in [9.17, 15) is 4.79 Å². The molecule has 0 heterocycles. The molecule has 4 nitrogen and oxygen atoms in total. The molecule has 0 saturated heterocycles. The summed E-state index contributed by atoms with van der Waals surface area (Å²) in [4.78, 5) is 13.3. The Morgan fingerprint density at radius 1 is 1.27 bits per heavy atom. The number of nitrogens with zero attached hydrogens (tertiary/aromatic N) is 1. The van der Waals surface area contributed by atoms with Gasteiger partial charge < -0.3 is 14.4 Å². The predicted octanol–water partition coefficient (Wildman–Crippen LogP) is 1.55. The SMILES string of the molecule is COC(=O)c1cccc(OC)c1N(C)C. The number of rotatable bonds is 3. The maximum absolute atomic E-state index is 11.5. The van der Waals surface area contributed by atoms with Gasteiger partial charge in [-0.1, -0.05) is 6.07 Å². The summed E-state index contributed by atoms with van der Waals surface area (Å²) in [7, 11) is 6.64. The van der Waals surface area contributed by atoms with Gasteiger partial charge in [-0.05, 0) is 12.1 Å². The quantitative estimate of drug-likeness (QED) is 0.708. The van der Waals surface area contributed by atoms with Gasteiger partial charge in [0.2, 0.25) is 0 Å². The molecular weight excluding hydrogens is 194 g/mol. The van der Waals surface area contributed by atoms with Crippen LogP contribution in [0.5, 0.6) is 5.75 Å². The summed E-state index contributed by atoms with van der Waals surface area (Å²) < 4.78 is 9.90. The molecule has 0 bridgehead atoms. The van der Waals surface area contributed by atoms with Crippen molar-refractivity contribution in [3.8, 4) is 5.75 Å². The lowest BCUT2D eigenvalue weighted by molar-refractivity contribution is 0.0601. The zero-order chi connectivity index (χ0) is 11.4. The molecule has 0 spiro atoms. The molecule has 1 aromatic carbocycles. The van der Waals surface area contributed by atoms with Gasteiger partial charge >= 0.3 is 5.97 Å². The van der Waals surface area contributed by atoms with Gasteiger partial charge in [0.15, 0.2) is 0 Å². The summed E-state index contributed by atoms with van der Waals surface area (Å²) in [6.07, 6.45) is 0. The molecule has 0 radical (unpaired) electrons. The number of benzene rings is 1. The van der Waals surface area contributed by atoms with Gasteiger partial charge in [-0.3, -0.25) is 0 Å². The Kier molecular flexibility index (Phi) is 3.55. The molecule has 1 rings (SSSR count). The molecule has 0 aliphatic heterocycles. The molecule has 0 N–H and O–H groups in total. The Hall–Kier alpha value is -1.71. The molecule has 0 aromatic heterocycles. The number of carbonyl (C=O) groups is 1. The summed E-state index contributed by atoms with van der Waals surface area (Å²) in [5.74, 6) is 0.292. The van der Waals surface area contributed by atoms with E-state index >= 15 is 0 Å². The van der Waals surface area contributed by atoms with E-state index in [-0.39, 0.29) is 5.97 Å². The van der Waals surface area contributed by atoms with E-state index in [0.29, 0.717) is 11.3 Å². The topological polar surface area (TPSA) is 38.8 Å². The number of carbonyl (C=O) groups excluding carboxylic acids is 1. The highest BCUT2D eigenvalue weighted by Gasteiger charge is 2.17. The van der Waals surface area contributed by atoms with Crippen molar-refractivity contribution < 1.29 is 14.3 Å². The van der Waals surface area contributed by atoms with E-state index in [2.05, 4.69) is 0 Å². The third kappa shape index (κ3) is 2.21. The minimum Gasteiger partial charge on any atom is -0.495 e. The van der Waals surface area contributed by atoms with Gasteiger partial charge in [0.05, 0.1) is 25.5 Å². The second-order valence-electron chi connectivity index (χ2n) is 3.24. The van der Waals surface area contributed by atoms with E-state index in [0.717, 1.165) is 5.69 Å². The molecular formula is C11H15NO3. The first-order chi connectivity index (χ1) is 7.11. The van der Waals surface area contributed by atoms with Gasteiger partial charge in [-0.2, -0.15) is 0 Å². The van der Waals surface area contributed by atoms with Crippen LogP contribution in [0.1, 0.15) is 10.4 Å². The average molecular weight is 209 g/mol. The van der Waals surface area contributed by atoms with Gasteiger partial charge in [-0.15, -0.1) is 0 Å². The Morgan fingerprint density at radius 3 is 2.40 bits per heavy atom. The number of esters is 1. The standard InChI is InChI=1S/C11H15NO3/c1-12(2)10-8(11(13)15-4)6-5-7-9(10)14-3/h5-7H,1-4H3. The molecule has 0 fully saturated rings. The number of hydrogen-bond acceptors (Lipinski definition) is 4. The van der Waals surface area contributed by atoms with Crippen LogP contribution in [-0.4, -0.2) is 34.3 Å². The summed E-state index contributed by atoms with van der Waals surface area (Å²) in [6.45, 7) is 0. The third-order valence-electron chi connectivity index (χ3n) is 2.07. The smallest absolute Gasteiger partial charge is 0.340 e. The first kappa shape index (κ1) is 11.4. The zero-order valence-electron chi connectivity index (χ0n) is 9.40. The van der Waals surface area contributed by atoms with Crippen LogP contribution in [-0.2, 0) is 4.74 Å². The van der Waals surface area contributed by atoms with Gasteiger partial charge in [-0.25, -0.2) is 4.79 Å². The van der Waals surface area contributed by atoms with E-state index in [1.807, 2.05) is 25.1 Å². The fourth-order valence-electron chi connectivity index (χ4n) is 1.42.